The summed E-state index contributed by atoms with van der Waals surface area (Å²) < 4.78 is 6.05. The molecule has 3 fully saturated rings. The number of carbonyl (C=O) groups excluding carboxylic acids is 4. The van der Waals surface area contributed by atoms with Crippen molar-refractivity contribution >= 4 is 23.6 Å². The Morgan fingerprint density at radius 1 is 0.970 bits per heavy atom. The number of nitrogens with zero attached hydrogens (tertiary/aromatic N) is 2. The van der Waals surface area contributed by atoms with Gasteiger partial charge >= 0.3 is 0 Å². The molecule has 1 aromatic carbocycles. The molecule has 33 heavy (non-hydrogen) atoms. The van der Waals surface area contributed by atoms with Gasteiger partial charge in [0.1, 0.15) is 17.9 Å². The lowest BCUT2D eigenvalue weighted by Crippen LogP contribution is -2.54. The van der Waals surface area contributed by atoms with E-state index in [4.69, 9.17) is 4.74 Å². The zero-order valence-electron chi connectivity index (χ0n) is 18.7. The molecule has 0 radical (unpaired) electrons. The van der Waals surface area contributed by atoms with Gasteiger partial charge in [-0.3, -0.25) is 34.3 Å². The molecule has 176 valence electrons. The number of nitrogens with one attached hydrogen (secondary N) is 2. The van der Waals surface area contributed by atoms with Crippen LogP contribution in [0.1, 0.15) is 59.2 Å². The van der Waals surface area contributed by atoms with Crippen LogP contribution >= 0.6 is 0 Å². The molecule has 0 aliphatic carbocycles. The van der Waals surface area contributed by atoms with Crippen LogP contribution < -0.4 is 15.4 Å². The molecule has 3 saturated heterocycles. The minimum absolute atomic E-state index is 0.0698. The monoisotopic (exact) mass is 454 g/mol. The molecule has 0 spiro atoms. The third-order valence-corrected chi connectivity index (χ3v) is 7.18. The fourth-order valence-corrected chi connectivity index (χ4v) is 5.27. The second-order valence-corrected chi connectivity index (χ2v) is 9.49. The number of hydrogen-bond donors (Lipinski definition) is 2. The lowest BCUT2D eigenvalue weighted by atomic mass is 9.93. The molecule has 4 heterocycles. The second-order valence-electron chi connectivity index (χ2n) is 9.49. The molecular formula is C24H30N4O5. The minimum atomic E-state index is -0.954. The SMILES string of the molecule is O=C1CCC(N2C(=O)c3ccc(OC4CN(CCCC5CCNCC5)C4)cc3C2=O)C(=O)N1. The molecule has 0 bridgehead atoms. The van der Waals surface area contributed by atoms with Crippen molar-refractivity contribution < 1.29 is 23.9 Å². The van der Waals surface area contributed by atoms with E-state index in [0.29, 0.717) is 5.75 Å². The van der Waals surface area contributed by atoms with Gasteiger partial charge in [0.15, 0.2) is 0 Å². The van der Waals surface area contributed by atoms with Crippen molar-refractivity contribution in [2.75, 3.05) is 32.7 Å². The predicted molar refractivity (Wildman–Crippen MR) is 119 cm³/mol. The summed E-state index contributed by atoms with van der Waals surface area (Å²) in [4.78, 5) is 52.7. The number of fused-ring (bicyclic) bond motifs is 1. The summed E-state index contributed by atoms with van der Waals surface area (Å²) in [7, 11) is 0. The summed E-state index contributed by atoms with van der Waals surface area (Å²) in [5.41, 5.74) is 0.519. The van der Waals surface area contributed by atoms with Crippen LogP contribution in [0.15, 0.2) is 18.2 Å². The standard InChI is InChI=1S/C24H30N4O5/c29-21-6-5-20(22(30)26-21)28-23(31)18-4-3-16(12-19(18)24(28)32)33-17-13-27(14-17)11-1-2-15-7-9-25-10-8-15/h3-4,12,15,17,20,25H,1-2,5-11,13-14H2,(H,26,29,30). The quantitative estimate of drug-likeness (QED) is 0.590. The summed E-state index contributed by atoms with van der Waals surface area (Å²) in [6, 6.07) is 3.94. The Balaban J connectivity index is 1.13. The number of piperidine rings is 2. The van der Waals surface area contributed by atoms with Gasteiger partial charge in [-0.1, -0.05) is 0 Å². The summed E-state index contributed by atoms with van der Waals surface area (Å²) in [6.07, 6.45) is 5.39. The van der Waals surface area contributed by atoms with E-state index in [2.05, 4.69) is 15.5 Å². The third-order valence-electron chi connectivity index (χ3n) is 7.18. The fourth-order valence-electron chi connectivity index (χ4n) is 5.27. The largest absolute Gasteiger partial charge is 0.488 e. The molecule has 1 atom stereocenters. The average Bonchev–Trinajstić information content (AvgIpc) is 3.02. The van der Waals surface area contributed by atoms with Crippen LogP contribution in [0.2, 0.25) is 0 Å². The zero-order valence-corrected chi connectivity index (χ0v) is 18.7. The van der Waals surface area contributed by atoms with Crippen molar-refractivity contribution in [1.82, 2.24) is 20.4 Å². The highest BCUT2D eigenvalue weighted by atomic mass is 16.5. The van der Waals surface area contributed by atoms with E-state index >= 15 is 0 Å². The van der Waals surface area contributed by atoms with Gasteiger partial charge in [0.05, 0.1) is 11.1 Å². The van der Waals surface area contributed by atoms with Crippen molar-refractivity contribution in [3.8, 4) is 5.75 Å². The third kappa shape index (κ3) is 4.52. The van der Waals surface area contributed by atoms with Gasteiger partial charge < -0.3 is 10.1 Å². The van der Waals surface area contributed by atoms with E-state index in [9.17, 15) is 19.2 Å². The maximum absolute atomic E-state index is 12.9. The average molecular weight is 455 g/mol. The lowest BCUT2D eigenvalue weighted by molar-refractivity contribution is -0.136. The first kappa shape index (κ1) is 22.0. The van der Waals surface area contributed by atoms with E-state index < -0.39 is 23.8 Å². The van der Waals surface area contributed by atoms with Crippen LogP contribution in [-0.2, 0) is 9.59 Å². The molecule has 2 N–H and O–H groups in total. The highest BCUT2D eigenvalue weighted by molar-refractivity contribution is 6.23. The number of benzene rings is 1. The van der Waals surface area contributed by atoms with Gasteiger partial charge in [-0.15, -0.1) is 0 Å². The van der Waals surface area contributed by atoms with Crippen molar-refractivity contribution in [2.24, 2.45) is 5.92 Å². The highest BCUT2D eigenvalue weighted by Gasteiger charge is 2.44. The number of ether oxygens (including phenoxy) is 1. The number of amides is 4. The van der Waals surface area contributed by atoms with Crippen molar-refractivity contribution in [2.45, 2.75) is 50.7 Å². The van der Waals surface area contributed by atoms with Gasteiger partial charge in [-0.25, -0.2) is 0 Å². The molecule has 4 aliphatic rings. The molecule has 1 unspecified atom stereocenters. The normalized spacial score (nSPS) is 24.6. The Hall–Kier alpha value is -2.78. The van der Waals surface area contributed by atoms with Crippen LogP contribution in [-0.4, -0.2) is 78.3 Å². The first-order chi connectivity index (χ1) is 16.0. The Labute approximate surface area is 192 Å². The molecule has 1 aromatic rings. The number of rotatable bonds is 7. The first-order valence-corrected chi connectivity index (χ1v) is 11.9. The van der Waals surface area contributed by atoms with E-state index in [0.717, 1.165) is 43.5 Å². The smallest absolute Gasteiger partial charge is 0.262 e. The fraction of sp³-hybridized carbons (Fsp3) is 0.583. The van der Waals surface area contributed by atoms with Gasteiger partial charge in [-0.05, 0) is 75.9 Å². The summed E-state index contributed by atoms with van der Waals surface area (Å²) in [6.45, 7) is 5.09. The van der Waals surface area contributed by atoms with E-state index in [1.807, 2.05) is 0 Å². The Kier molecular flexibility index (Phi) is 6.16. The van der Waals surface area contributed by atoms with Gasteiger partial charge in [0, 0.05) is 19.5 Å². The summed E-state index contributed by atoms with van der Waals surface area (Å²) in [5, 5.41) is 5.62. The molecule has 0 aromatic heterocycles. The van der Waals surface area contributed by atoms with E-state index in [-0.39, 0.29) is 36.0 Å². The van der Waals surface area contributed by atoms with Crippen LogP contribution in [0.4, 0.5) is 0 Å². The van der Waals surface area contributed by atoms with Crippen LogP contribution in [0, 0.1) is 5.92 Å². The highest BCUT2D eigenvalue weighted by Crippen LogP contribution is 2.31. The lowest BCUT2D eigenvalue weighted by Gasteiger charge is -2.39. The van der Waals surface area contributed by atoms with Gasteiger partial charge in [0.25, 0.3) is 11.8 Å². The van der Waals surface area contributed by atoms with Crippen LogP contribution in [0.5, 0.6) is 5.75 Å². The topological polar surface area (TPSA) is 108 Å². The van der Waals surface area contributed by atoms with Gasteiger partial charge in [0.2, 0.25) is 11.8 Å². The Morgan fingerprint density at radius 3 is 2.48 bits per heavy atom. The van der Waals surface area contributed by atoms with Crippen molar-refractivity contribution in [1.29, 1.82) is 0 Å². The van der Waals surface area contributed by atoms with Crippen LogP contribution in [0.25, 0.3) is 0 Å². The number of likely N-dealkylation sites (tertiary alicyclic amines) is 1. The summed E-state index contributed by atoms with van der Waals surface area (Å²) >= 11 is 0. The summed E-state index contributed by atoms with van der Waals surface area (Å²) in [5.74, 6) is -0.593. The van der Waals surface area contributed by atoms with Crippen molar-refractivity contribution in [3.05, 3.63) is 29.3 Å². The van der Waals surface area contributed by atoms with Crippen molar-refractivity contribution in [3.63, 3.8) is 0 Å². The maximum atomic E-state index is 12.9. The molecule has 9 nitrogen and oxygen atoms in total. The molecule has 9 heteroatoms. The number of carbonyl (C=O) groups is 4. The Morgan fingerprint density at radius 2 is 1.73 bits per heavy atom. The first-order valence-electron chi connectivity index (χ1n) is 11.9. The van der Waals surface area contributed by atoms with E-state index in [1.165, 1.54) is 25.7 Å². The molecule has 4 amide bonds. The number of hydrogen-bond acceptors (Lipinski definition) is 7. The molecule has 0 saturated carbocycles. The van der Waals surface area contributed by atoms with E-state index in [1.54, 1.807) is 18.2 Å². The van der Waals surface area contributed by atoms with Crippen LogP contribution in [0.3, 0.4) is 0 Å². The Bertz CT molecular complexity index is 968. The predicted octanol–water partition coefficient (Wildman–Crippen LogP) is 0.931. The molecule has 4 aliphatic heterocycles. The second kappa shape index (κ2) is 9.23. The minimum Gasteiger partial charge on any atom is -0.488 e. The maximum Gasteiger partial charge on any atom is 0.262 e. The molecule has 5 rings (SSSR count). The molecular weight excluding hydrogens is 424 g/mol. The zero-order chi connectivity index (χ0) is 22.9. The number of imide groups is 2. The van der Waals surface area contributed by atoms with Gasteiger partial charge in [-0.2, -0.15) is 0 Å².